The number of hydrogen-bond donors (Lipinski definition) is 1. The summed E-state index contributed by atoms with van der Waals surface area (Å²) in [6.45, 7) is 0.373. The summed E-state index contributed by atoms with van der Waals surface area (Å²) in [5.41, 5.74) is 0.868. The third-order valence-corrected chi connectivity index (χ3v) is 5.26. The summed E-state index contributed by atoms with van der Waals surface area (Å²) in [6.07, 6.45) is 0.297. The lowest BCUT2D eigenvalue weighted by Gasteiger charge is -2.12. The lowest BCUT2D eigenvalue weighted by molar-refractivity contribution is -0.140. The Bertz CT molecular complexity index is 1050. The summed E-state index contributed by atoms with van der Waals surface area (Å²) >= 11 is 0. The number of para-hydroxylation sites is 1. The van der Waals surface area contributed by atoms with Gasteiger partial charge in [-0.2, -0.15) is 0 Å². The molecule has 5 nitrogen and oxygen atoms in total. The van der Waals surface area contributed by atoms with Gasteiger partial charge in [0.1, 0.15) is 41.1 Å². The Labute approximate surface area is 162 Å². The van der Waals surface area contributed by atoms with E-state index >= 15 is 0 Å². The Morgan fingerprint density at radius 1 is 1.00 bits per heavy atom. The maximum Gasteiger partial charge on any atom is 0.318 e. The summed E-state index contributed by atoms with van der Waals surface area (Å²) < 4.78 is 17.5. The SMILES string of the molecule is O=C(O)C12CC1Oc1cc(OCc3cccc(Oc4ccccc4)c3)ccc12. The molecule has 0 radical (unpaired) electrons. The van der Waals surface area contributed by atoms with Crippen LogP contribution in [0.4, 0.5) is 0 Å². The Kier molecular flexibility index (Phi) is 3.76. The summed E-state index contributed by atoms with van der Waals surface area (Å²) in [6, 6.07) is 22.7. The van der Waals surface area contributed by atoms with Crippen LogP contribution >= 0.6 is 0 Å². The Balaban J connectivity index is 1.27. The van der Waals surface area contributed by atoms with Crippen LogP contribution in [-0.2, 0) is 16.8 Å². The second-order valence-corrected chi connectivity index (χ2v) is 7.10. The van der Waals surface area contributed by atoms with E-state index in [0.717, 1.165) is 22.6 Å². The predicted molar refractivity (Wildman–Crippen MR) is 102 cm³/mol. The Morgan fingerprint density at radius 2 is 1.82 bits per heavy atom. The maximum absolute atomic E-state index is 11.6. The second kappa shape index (κ2) is 6.30. The first-order valence-electron chi connectivity index (χ1n) is 9.14. The number of ether oxygens (including phenoxy) is 3. The van der Waals surface area contributed by atoms with Crippen molar-refractivity contribution in [3.8, 4) is 23.0 Å². The average Bonchev–Trinajstić information content (AvgIpc) is 3.34. The standard InChI is InChI=1S/C23H18O5/c24-22(25)23-13-21(23)28-20-12-17(9-10-19(20)23)26-14-15-5-4-8-18(11-15)27-16-6-2-1-3-7-16/h1-12,21H,13-14H2,(H,24,25). The van der Waals surface area contributed by atoms with Crippen molar-refractivity contribution < 1.29 is 24.1 Å². The first-order chi connectivity index (χ1) is 13.6. The highest BCUT2D eigenvalue weighted by molar-refractivity contribution is 5.89. The van der Waals surface area contributed by atoms with Crippen molar-refractivity contribution in [1.29, 1.82) is 0 Å². The summed E-state index contributed by atoms with van der Waals surface area (Å²) in [5.74, 6) is 1.96. The minimum Gasteiger partial charge on any atom is -0.489 e. The molecule has 2 unspecified atom stereocenters. The molecule has 1 N–H and O–H groups in total. The van der Waals surface area contributed by atoms with Crippen molar-refractivity contribution in [3.05, 3.63) is 83.9 Å². The maximum atomic E-state index is 11.6. The molecule has 0 amide bonds. The van der Waals surface area contributed by atoms with Gasteiger partial charge in [0.2, 0.25) is 0 Å². The van der Waals surface area contributed by atoms with Gasteiger partial charge in [-0.3, -0.25) is 4.79 Å². The van der Waals surface area contributed by atoms with Gasteiger partial charge in [0, 0.05) is 18.1 Å². The molecule has 1 saturated carbocycles. The molecule has 1 aliphatic carbocycles. The fraction of sp³-hybridized carbons (Fsp3) is 0.174. The first kappa shape index (κ1) is 16.7. The molecule has 5 heteroatoms. The normalized spacial score (nSPS) is 21.2. The van der Waals surface area contributed by atoms with Crippen LogP contribution in [0.1, 0.15) is 17.5 Å². The average molecular weight is 374 g/mol. The first-order valence-corrected chi connectivity index (χ1v) is 9.14. The van der Waals surface area contributed by atoms with Gasteiger partial charge in [0.25, 0.3) is 0 Å². The zero-order valence-electron chi connectivity index (χ0n) is 15.0. The van der Waals surface area contributed by atoms with Crippen LogP contribution in [-0.4, -0.2) is 17.2 Å². The number of aliphatic carboxylic acids is 1. The van der Waals surface area contributed by atoms with Crippen LogP contribution in [0.2, 0.25) is 0 Å². The predicted octanol–water partition coefficient (Wildman–Crippen LogP) is 4.55. The van der Waals surface area contributed by atoms with Crippen LogP contribution in [0.25, 0.3) is 0 Å². The van der Waals surface area contributed by atoms with Crippen molar-refractivity contribution in [2.75, 3.05) is 0 Å². The second-order valence-electron chi connectivity index (χ2n) is 7.10. The molecular weight excluding hydrogens is 356 g/mol. The van der Waals surface area contributed by atoms with Gasteiger partial charge in [-0.15, -0.1) is 0 Å². The quantitative estimate of drug-likeness (QED) is 0.686. The fourth-order valence-corrected chi connectivity index (χ4v) is 3.70. The molecule has 28 heavy (non-hydrogen) atoms. The van der Waals surface area contributed by atoms with Gasteiger partial charge in [0.05, 0.1) is 0 Å². The molecule has 0 spiro atoms. The zero-order valence-corrected chi connectivity index (χ0v) is 15.0. The third kappa shape index (κ3) is 2.76. The van der Waals surface area contributed by atoms with Crippen molar-refractivity contribution in [3.63, 3.8) is 0 Å². The van der Waals surface area contributed by atoms with Crippen LogP contribution in [0.3, 0.4) is 0 Å². The number of carbonyl (C=O) groups is 1. The largest absolute Gasteiger partial charge is 0.489 e. The lowest BCUT2D eigenvalue weighted by atomic mass is 9.96. The van der Waals surface area contributed by atoms with E-state index in [1.165, 1.54) is 0 Å². The van der Waals surface area contributed by atoms with E-state index in [1.54, 1.807) is 18.2 Å². The number of carboxylic acid groups (broad SMARTS) is 1. The summed E-state index contributed by atoms with van der Waals surface area (Å²) in [5, 5.41) is 9.49. The van der Waals surface area contributed by atoms with Crippen molar-refractivity contribution in [1.82, 2.24) is 0 Å². The van der Waals surface area contributed by atoms with Crippen LogP contribution in [0, 0.1) is 0 Å². The Morgan fingerprint density at radius 3 is 2.64 bits per heavy atom. The van der Waals surface area contributed by atoms with E-state index in [0.29, 0.717) is 24.5 Å². The molecule has 0 saturated heterocycles. The van der Waals surface area contributed by atoms with E-state index in [4.69, 9.17) is 14.2 Å². The monoisotopic (exact) mass is 374 g/mol. The van der Waals surface area contributed by atoms with E-state index < -0.39 is 11.4 Å². The highest BCUT2D eigenvalue weighted by atomic mass is 16.5. The van der Waals surface area contributed by atoms with Gasteiger partial charge >= 0.3 is 5.97 Å². The molecule has 3 aromatic rings. The van der Waals surface area contributed by atoms with E-state index in [1.807, 2.05) is 54.6 Å². The lowest BCUT2D eigenvalue weighted by Crippen LogP contribution is -2.21. The molecule has 1 fully saturated rings. The fourth-order valence-electron chi connectivity index (χ4n) is 3.70. The smallest absolute Gasteiger partial charge is 0.318 e. The van der Waals surface area contributed by atoms with Gasteiger partial charge in [-0.1, -0.05) is 36.4 Å². The summed E-state index contributed by atoms with van der Waals surface area (Å²) in [7, 11) is 0. The molecule has 2 aliphatic rings. The van der Waals surface area contributed by atoms with Gasteiger partial charge in [-0.05, 0) is 35.9 Å². The molecule has 140 valence electrons. The molecule has 0 aromatic heterocycles. The van der Waals surface area contributed by atoms with Gasteiger partial charge < -0.3 is 19.3 Å². The van der Waals surface area contributed by atoms with E-state index in [9.17, 15) is 9.90 Å². The van der Waals surface area contributed by atoms with E-state index in [-0.39, 0.29) is 6.10 Å². The van der Waals surface area contributed by atoms with Crippen molar-refractivity contribution >= 4 is 5.97 Å². The highest BCUT2D eigenvalue weighted by Crippen LogP contribution is 2.59. The highest BCUT2D eigenvalue weighted by Gasteiger charge is 2.69. The zero-order chi connectivity index (χ0) is 19.1. The summed E-state index contributed by atoms with van der Waals surface area (Å²) in [4.78, 5) is 11.6. The number of benzene rings is 3. The minimum atomic E-state index is -0.850. The van der Waals surface area contributed by atoms with Gasteiger partial charge in [-0.25, -0.2) is 0 Å². The third-order valence-electron chi connectivity index (χ3n) is 5.26. The molecular formula is C23H18O5. The van der Waals surface area contributed by atoms with Gasteiger partial charge in [0.15, 0.2) is 0 Å². The van der Waals surface area contributed by atoms with Crippen LogP contribution in [0.15, 0.2) is 72.8 Å². The van der Waals surface area contributed by atoms with E-state index in [2.05, 4.69) is 0 Å². The molecule has 1 aliphatic heterocycles. The van der Waals surface area contributed by atoms with Crippen molar-refractivity contribution in [2.45, 2.75) is 24.5 Å². The van der Waals surface area contributed by atoms with Crippen LogP contribution in [0.5, 0.6) is 23.0 Å². The minimum absolute atomic E-state index is 0.248. The number of carboxylic acids is 1. The molecule has 1 heterocycles. The Hall–Kier alpha value is -3.47. The van der Waals surface area contributed by atoms with Crippen LogP contribution < -0.4 is 14.2 Å². The topological polar surface area (TPSA) is 65.0 Å². The number of fused-ring (bicyclic) bond motifs is 3. The van der Waals surface area contributed by atoms with Crippen molar-refractivity contribution in [2.24, 2.45) is 0 Å². The molecule has 3 aromatic carbocycles. The molecule has 2 atom stereocenters. The molecule has 5 rings (SSSR count). The number of hydrogen-bond acceptors (Lipinski definition) is 4. The number of rotatable bonds is 6. The molecule has 0 bridgehead atoms.